The summed E-state index contributed by atoms with van der Waals surface area (Å²) in [6.07, 6.45) is 2.58. The van der Waals surface area contributed by atoms with E-state index in [4.69, 9.17) is 4.74 Å². The predicted molar refractivity (Wildman–Crippen MR) is 150 cm³/mol. The standard InChI is InChI=1S/C31H30N4O5/c36-30(33-16-6-7-17-33)27-18-25-24-10-4-5-11-26(24)32-29(25)28(34(27)19-21-8-2-1-3-9-21)20-40-31(37)22-12-14-23(15-13-22)35(38)39/h1-5,8-15,27-28,32H,6-7,16-20H2/t27-,28+/m0/s1. The molecule has 1 saturated heterocycles. The molecular weight excluding hydrogens is 508 g/mol. The summed E-state index contributed by atoms with van der Waals surface area (Å²) in [6.45, 7) is 2.05. The molecule has 6 rings (SSSR count). The van der Waals surface area contributed by atoms with Crippen LogP contribution >= 0.6 is 0 Å². The molecule has 40 heavy (non-hydrogen) atoms. The van der Waals surface area contributed by atoms with Crippen molar-refractivity contribution in [3.8, 4) is 0 Å². The third kappa shape index (κ3) is 4.96. The summed E-state index contributed by atoms with van der Waals surface area (Å²) >= 11 is 0. The molecule has 1 N–H and O–H groups in total. The molecule has 3 heterocycles. The number of non-ortho nitro benzene ring substituents is 1. The van der Waals surface area contributed by atoms with Crippen molar-refractivity contribution in [1.82, 2.24) is 14.8 Å². The topological polar surface area (TPSA) is 109 Å². The summed E-state index contributed by atoms with van der Waals surface area (Å²) < 4.78 is 5.85. The summed E-state index contributed by atoms with van der Waals surface area (Å²) in [4.78, 5) is 45.2. The van der Waals surface area contributed by atoms with Crippen LogP contribution in [0.15, 0.2) is 78.9 Å². The van der Waals surface area contributed by atoms with Gasteiger partial charge in [0.15, 0.2) is 0 Å². The first-order valence-electron chi connectivity index (χ1n) is 13.6. The van der Waals surface area contributed by atoms with Crippen LogP contribution in [0.5, 0.6) is 0 Å². The molecule has 0 aliphatic carbocycles. The number of amides is 1. The first-order chi connectivity index (χ1) is 19.5. The van der Waals surface area contributed by atoms with Gasteiger partial charge in [-0.05, 0) is 48.6 Å². The molecule has 0 radical (unpaired) electrons. The number of rotatable bonds is 7. The maximum atomic E-state index is 14.0. The average molecular weight is 539 g/mol. The Morgan fingerprint density at radius 3 is 2.38 bits per heavy atom. The average Bonchev–Trinajstić information content (AvgIpc) is 3.65. The summed E-state index contributed by atoms with van der Waals surface area (Å²) in [5.74, 6) is -0.462. The Balaban J connectivity index is 1.37. The number of nitro benzene ring substituents is 1. The van der Waals surface area contributed by atoms with E-state index in [2.05, 4.69) is 16.0 Å². The van der Waals surface area contributed by atoms with Gasteiger partial charge in [0.1, 0.15) is 6.61 Å². The van der Waals surface area contributed by atoms with Crippen LogP contribution in [0.2, 0.25) is 0 Å². The maximum absolute atomic E-state index is 14.0. The summed E-state index contributed by atoms with van der Waals surface area (Å²) in [5, 5.41) is 12.1. The van der Waals surface area contributed by atoms with Crippen molar-refractivity contribution in [1.29, 1.82) is 0 Å². The van der Waals surface area contributed by atoms with Crippen LogP contribution in [0.1, 0.15) is 46.1 Å². The van der Waals surface area contributed by atoms with Crippen molar-refractivity contribution in [3.63, 3.8) is 0 Å². The fraction of sp³-hybridized carbons (Fsp3) is 0.290. The third-order valence-electron chi connectivity index (χ3n) is 7.97. The molecule has 204 valence electrons. The van der Waals surface area contributed by atoms with Crippen LogP contribution in [0.4, 0.5) is 5.69 Å². The second-order valence-electron chi connectivity index (χ2n) is 10.4. The Bertz CT molecular complexity index is 1540. The number of hydrogen-bond acceptors (Lipinski definition) is 6. The van der Waals surface area contributed by atoms with Gasteiger partial charge in [-0.15, -0.1) is 0 Å². The molecule has 0 saturated carbocycles. The lowest BCUT2D eigenvalue weighted by Gasteiger charge is -2.42. The van der Waals surface area contributed by atoms with Gasteiger partial charge in [-0.3, -0.25) is 19.8 Å². The minimum Gasteiger partial charge on any atom is -0.460 e. The van der Waals surface area contributed by atoms with Crippen molar-refractivity contribution in [3.05, 3.63) is 111 Å². The number of nitrogens with one attached hydrogen (secondary N) is 1. The van der Waals surface area contributed by atoms with E-state index in [0.717, 1.165) is 53.7 Å². The smallest absolute Gasteiger partial charge is 0.338 e. The fourth-order valence-electron chi connectivity index (χ4n) is 5.95. The highest BCUT2D eigenvalue weighted by Crippen LogP contribution is 2.39. The van der Waals surface area contributed by atoms with E-state index in [1.54, 1.807) is 0 Å². The number of aromatic nitrogens is 1. The highest BCUT2D eigenvalue weighted by atomic mass is 16.6. The lowest BCUT2D eigenvalue weighted by Crippen LogP contribution is -2.53. The van der Waals surface area contributed by atoms with Crippen LogP contribution in [0.3, 0.4) is 0 Å². The zero-order valence-electron chi connectivity index (χ0n) is 22.0. The van der Waals surface area contributed by atoms with E-state index in [1.807, 2.05) is 53.4 Å². The molecule has 4 aromatic rings. The summed E-state index contributed by atoms with van der Waals surface area (Å²) in [5.41, 5.74) is 4.20. The van der Waals surface area contributed by atoms with Crippen molar-refractivity contribution in [2.75, 3.05) is 19.7 Å². The number of ether oxygens (including phenoxy) is 1. The van der Waals surface area contributed by atoms with E-state index < -0.39 is 23.0 Å². The van der Waals surface area contributed by atoms with Gasteiger partial charge < -0.3 is 14.6 Å². The lowest BCUT2D eigenvalue weighted by molar-refractivity contribution is -0.384. The first kappa shape index (κ1) is 25.8. The number of carbonyl (C=O) groups excluding carboxylic acids is 2. The van der Waals surface area contributed by atoms with Gasteiger partial charge in [0.2, 0.25) is 5.91 Å². The molecule has 1 fully saturated rings. The Morgan fingerprint density at radius 2 is 1.65 bits per heavy atom. The number of hydrogen-bond donors (Lipinski definition) is 1. The monoisotopic (exact) mass is 538 g/mol. The minimum atomic E-state index is -0.569. The second-order valence-corrected chi connectivity index (χ2v) is 10.4. The molecule has 3 aromatic carbocycles. The second kappa shape index (κ2) is 10.9. The Kier molecular flexibility index (Phi) is 7.04. The number of carbonyl (C=O) groups is 2. The number of esters is 1. The Morgan fingerprint density at radius 1 is 0.950 bits per heavy atom. The fourth-order valence-corrected chi connectivity index (χ4v) is 5.95. The van der Waals surface area contributed by atoms with E-state index >= 15 is 0 Å². The quantitative estimate of drug-likeness (QED) is 0.201. The van der Waals surface area contributed by atoms with Gasteiger partial charge in [0, 0.05) is 48.4 Å². The molecule has 2 aliphatic rings. The van der Waals surface area contributed by atoms with E-state index in [1.165, 1.54) is 24.3 Å². The largest absolute Gasteiger partial charge is 0.460 e. The summed E-state index contributed by atoms with van der Waals surface area (Å²) in [7, 11) is 0. The molecule has 0 unspecified atom stereocenters. The molecule has 2 aliphatic heterocycles. The molecule has 0 spiro atoms. The van der Waals surface area contributed by atoms with Crippen LogP contribution in [0.25, 0.3) is 10.9 Å². The number of benzene rings is 3. The van der Waals surface area contributed by atoms with Gasteiger partial charge in [-0.25, -0.2) is 4.79 Å². The Labute approximate surface area is 231 Å². The van der Waals surface area contributed by atoms with Crippen molar-refractivity contribution >= 4 is 28.5 Å². The SMILES string of the molecule is O=C(OC[C@@H]1c2[nH]c3ccccc3c2C[C@@H](C(=O)N2CCCC2)N1Cc1ccccc1)c1ccc([N+](=O)[O-])cc1. The van der Waals surface area contributed by atoms with Gasteiger partial charge in [0.25, 0.3) is 5.69 Å². The third-order valence-corrected chi connectivity index (χ3v) is 7.97. The number of likely N-dealkylation sites (tertiary alicyclic amines) is 1. The first-order valence-corrected chi connectivity index (χ1v) is 13.6. The number of aromatic amines is 1. The number of H-pyrrole nitrogens is 1. The highest BCUT2D eigenvalue weighted by molar-refractivity contribution is 5.90. The van der Waals surface area contributed by atoms with Gasteiger partial charge in [-0.1, -0.05) is 48.5 Å². The number of fused-ring (bicyclic) bond motifs is 3. The van der Waals surface area contributed by atoms with Crippen LogP contribution in [0, 0.1) is 10.1 Å². The van der Waals surface area contributed by atoms with Gasteiger partial charge in [0.05, 0.1) is 22.6 Å². The zero-order chi connectivity index (χ0) is 27.6. The summed E-state index contributed by atoms with van der Waals surface area (Å²) in [6, 6.07) is 22.6. The molecule has 1 amide bonds. The Hall–Kier alpha value is -4.50. The van der Waals surface area contributed by atoms with Gasteiger partial charge >= 0.3 is 5.97 Å². The number of para-hydroxylation sites is 1. The normalized spacial score (nSPS) is 18.9. The molecular formula is C31H30N4O5. The van der Waals surface area contributed by atoms with Crippen LogP contribution in [-0.4, -0.2) is 57.3 Å². The minimum absolute atomic E-state index is 0.0201. The highest BCUT2D eigenvalue weighted by Gasteiger charge is 2.42. The van der Waals surface area contributed by atoms with E-state index in [9.17, 15) is 19.7 Å². The maximum Gasteiger partial charge on any atom is 0.338 e. The van der Waals surface area contributed by atoms with E-state index in [-0.39, 0.29) is 23.8 Å². The molecule has 0 bridgehead atoms. The van der Waals surface area contributed by atoms with Crippen molar-refractivity contribution < 1.29 is 19.2 Å². The predicted octanol–water partition coefficient (Wildman–Crippen LogP) is 5.02. The number of nitro groups is 1. The molecule has 9 heteroatoms. The lowest BCUT2D eigenvalue weighted by atomic mass is 9.90. The van der Waals surface area contributed by atoms with Crippen LogP contribution in [-0.2, 0) is 22.5 Å². The van der Waals surface area contributed by atoms with E-state index in [0.29, 0.717) is 13.0 Å². The van der Waals surface area contributed by atoms with Gasteiger partial charge in [-0.2, -0.15) is 0 Å². The number of nitrogens with zero attached hydrogens (tertiary/aromatic N) is 3. The zero-order valence-corrected chi connectivity index (χ0v) is 22.0. The van der Waals surface area contributed by atoms with Crippen molar-refractivity contribution in [2.24, 2.45) is 0 Å². The van der Waals surface area contributed by atoms with Crippen LogP contribution < -0.4 is 0 Å². The molecule has 9 nitrogen and oxygen atoms in total. The van der Waals surface area contributed by atoms with Crippen molar-refractivity contribution in [2.45, 2.75) is 37.9 Å². The molecule has 2 atom stereocenters. The molecule has 1 aromatic heterocycles.